The fraction of sp³-hybridized carbons (Fsp3) is 0.111. The lowest BCUT2D eigenvalue weighted by atomic mass is 10.2. The molecule has 0 radical (unpaired) electrons. The molecule has 0 spiro atoms. The van der Waals surface area contributed by atoms with Gasteiger partial charge in [0.15, 0.2) is 11.4 Å². The highest BCUT2D eigenvalue weighted by Crippen LogP contribution is 2.23. The third-order valence-electron chi connectivity index (χ3n) is 1.87. The second-order valence-corrected chi connectivity index (χ2v) is 3.34. The lowest BCUT2D eigenvalue weighted by Crippen LogP contribution is -2.19. The highest BCUT2D eigenvalue weighted by molar-refractivity contribution is 6.31. The number of alkyl halides is 2. The molecule has 1 atom stereocenters. The van der Waals surface area contributed by atoms with Gasteiger partial charge in [-0.2, -0.15) is 0 Å². The zero-order valence-corrected chi connectivity index (χ0v) is 8.46. The van der Waals surface area contributed by atoms with Crippen LogP contribution in [0.5, 0.6) is 0 Å². The average Bonchev–Trinajstić information content (AvgIpc) is 2.61. The number of nitrogens with one attached hydrogen (secondary N) is 1. The van der Waals surface area contributed by atoms with Gasteiger partial charge in [0.05, 0.1) is 5.39 Å². The van der Waals surface area contributed by atoms with Gasteiger partial charge in [-0.3, -0.25) is 4.79 Å². The summed E-state index contributed by atoms with van der Waals surface area (Å²) in [7, 11) is 0. The minimum atomic E-state index is -2.19. The Kier molecular flexibility index (Phi) is 2.74. The Labute approximate surface area is 93.2 Å². The van der Waals surface area contributed by atoms with E-state index in [9.17, 15) is 13.6 Å². The first-order valence-electron chi connectivity index (χ1n) is 4.22. The number of halogens is 3. The molecule has 1 N–H and O–H groups in total. The number of carbonyl (C=O) groups is 1. The molecule has 0 bridgehead atoms. The maximum atomic E-state index is 12.9. The van der Waals surface area contributed by atoms with E-state index in [0.29, 0.717) is 0 Å². The summed E-state index contributed by atoms with van der Waals surface area (Å²) in [6.07, 6.45) is 0. The van der Waals surface area contributed by atoms with Gasteiger partial charge in [0.2, 0.25) is 0 Å². The number of aromatic nitrogens is 1. The van der Waals surface area contributed by atoms with Gasteiger partial charge >= 0.3 is 0 Å². The zero-order chi connectivity index (χ0) is 11.7. The number of hydrogen-bond donors (Lipinski definition) is 1. The Morgan fingerprint density at radius 1 is 1.56 bits per heavy atom. The lowest BCUT2D eigenvalue weighted by Gasteiger charge is -2.00. The van der Waals surface area contributed by atoms with Gasteiger partial charge in [0.1, 0.15) is 5.82 Å². The van der Waals surface area contributed by atoms with E-state index in [1.165, 1.54) is 12.1 Å². The molecule has 1 aromatic heterocycles. The second-order valence-electron chi connectivity index (χ2n) is 2.96. The first-order chi connectivity index (χ1) is 7.58. The number of amides is 1. The van der Waals surface area contributed by atoms with E-state index in [0.717, 1.165) is 6.07 Å². The number of benzene rings is 1. The summed E-state index contributed by atoms with van der Waals surface area (Å²) in [6, 6.07) is 3.64. The van der Waals surface area contributed by atoms with Crippen molar-refractivity contribution in [1.82, 2.24) is 5.16 Å². The molecule has 1 unspecified atom stereocenters. The number of carbonyl (C=O) groups excluding carboxylic acids is 1. The molecule has 1 amide bonds. The fourth-order valence-electron chi connectivity index (χ4n) is 1.17. The molecule has 0 aliphatic carbocycles. The summed E-state index contributed by atoms with van der Waals surface area (Å²) in [5, 5.41) is 5.78. The zero-order valence-electron chi connectivity index (χ0n) is 7.71. The van der Waals surface area contributed by atoms with Crippen LogP contribution in [0, 0.1) is 5.82 Å². The summed E-state index contributed by atoms with van der Waals surface area (Å²) < 4.78 is 30.1. The van der Waals surface area contributed by atoms with Gasteiger partial charge in [-0.1, -0.05) is 16.8 Å². The maximum absolute atomic E-state index is 12.9. The summed E-state index contributed by atoms with van der Waals surface area (Å²) in [6.45, 7) is 0. The van der Waals surface area contributed by atoms with Crippen molar-refractivity contribution in [3.63, 3.8) is 0 Å². The van der Waals surface area contributed by atoms with E-state index in [-0.39, 0.29) is 16.8 Å². The standard InChI is InChI=1S/C9H5ClF2N2O2/c10-7(12)9(15)13-8-5-3-4(11)1-2-6(5)16-14-8/h1-3,7H,(H,13,14,15). The summed E-state index contributed by atoms with van der Waals surface area (Å²) in [5.74, 6) is -1.67. The van der Waals surface area contributed by atoms with Gasteiger partial charge in [0.25, 0.3) is 11.5 Å². The van der Waals surface area contributed by atoms with Crippen LogP contribution in [0.3, 0.4) is 0 Å². The van der Waals surface area contributed by atoms with Crippen LogP contribution in [0.15, 0.2) is 22.7 Å². The summed E-state index contributed by atoms with van der Waals surface area (Å²) in [5.41, 5.74) is -1.91. The third kappa shape index (κ3) is 1.96. The highest BCUT2D eigenvalue weighted by Gasteiger charge is 2.17. The van der Waals surface area contributed by atoms with E-state index < -0.39 is 17.4 Å². The van der Waals surface area contributed by atoms with Crippen LogP contribution in [0.4, 0.5) is 14.6 Å². The number of nitrogens with zero attached hydrogens (tertiary/aromatic N) is 1. The van der Waals surface area contributed by atoms with E-state index >= 15 is 0 Å². The fourth-order valence-corrected chi connectivity index (χ4v) is 1.23. The van der Waals surface area contributed by atoms with Crippen LogP contribution >= 0.6 is 11.6 Å². The minimum Gasteiger partial charge on any atom is -0.354 e. The summed E-state index contributed by atoms with van der Waals surface area (Å²) >= 11 is 4.92. The minimum absolute atomic E-state index is 0.0669. The Morgan fingerprint density at radius 2 is 2.31 bits per heavy atom. The van der Waals surface area contributed by atoms with E-state index in [2.05, 4.69) is 10.5 Å². The Bertz CT molecular complexity index is 541. The molecule has 0 aliphatic rings. The van der Waals surface area contributed by atoms with Crippen LogP contribution in [0.1, 0.15) is 0 Å². The van der Waals surface area contributed by atoms with Crippen molar-refractivity contribution in [2.24, 2.45) is 0 Å². The molecular formula is C9H5ClF2N2O2. The number of anilines is 1. The third-order valence-corrected chi connectivity index (χ3v) is 2.07. The van der Waals surface area contributed by atoms with Gasteiger partial charge in [-0.15, -0.1) is 0 Å². The van der Waals surface area contributed by atoms with E-state index in [1.54, 1.807) is 0 Å². The van der Waals surface area contributed by atoms with Crippen molar-refractivity contribution in [1.29, 1.82) is 0 Å². The molecule has 2 rings (SSSR count). The van der Waals surface area contributed by atoms with Crippen LogP contribution in [0.2, 0.25) is 0 Å². The highest BCUT2D eigenvalue weighted by atomic mass is 35.5. The molecule has 2 aromatic rings. The van der Waals surface area contributed by atoms with Crippen LogP contribution in [-0.4, -0.2) is 16.7 Å². The number of rotatable bonds is 2. The largest absolute Gasteiger partial charge is 0.354 e. The molecule has 7 heteroatoms. The van der Waals surface area contributed by atoms with Crippen LogP contribution < -0.4 is 5.32 Å². The lowest BCUT2D eigenvalue weighted by molar-refractivity contribution is -0.118. The maximum Gasteiger partial charge on any atom is 0.275 e. The SMILES string of the molecule is O=C(Nc1noc2ccc(F)cc12)C(F)Cl. The molecule has 1 aromatic carbocycles. The monoisotopic (exact) mass is 246 g/mol. The quantitative estimate of drug-likeness (QED) is 0.828. The van der Waals surface area contributed by atoms with Crippen molar-refractivity contribution < 1.29 is 18.1 Å². The predicted molar refractivity (Wildman–Crippen MR) is 53.3 cm³/mol. The summed E-state index contributed by atoms with van der Waals surface area (Å²) in [4.78, 5) is 10.9. The molecule has 84 valence electrons. The second kappa shape index (κ2) is 4.05. The smallest absolute Gasteiger partial charge is 0.275 e. The Morgan fingerprint density at radius 3 is 3.00 bits per heavy atom. The van der Waals surface area contributed by atoms with Crippen molar-refractivity contribution in [2.75, 3.05) is 5.32 Å². The van der Waals surface area contributed by atoms with E-state index in [1.807, 2.05) is 0 Å². The number of fused-ring (bicyclic) bond motifs is 1. The normalized spacial score (nSPS) is 12.7. The number of hydrogen-bond acceptors (Lipinski definition) is 3. The van der Waals surface area contributed by atoms with Crippen molar-refractivity contribution in [3.05, 3.63) is 24.0 Å². The molecule has 1 heterocycles. The Balaban J connectivity index is 2.38. The van der Waals surface area contributed by atoms with E-state index in [4.69, 9.17) is 16.1 Å². The Hall–Kier alpha value is -1.69. The first-order valence-corrected chi connectivity index (χ1v) is 4.65. The molecule has 4 nitrogen and oxygen atoms in total. The van der Waals surface area contributed by atoms with Crippen LogP contribution in [0.25, 0.3) is 11.0 Å². The molecule has 0 saturated heterocycles. The average molecular weight is 247 g/mol. The first kappa shape index (κ1) is 10.8. The van der Waals surface area contributed by atoms with Crippen molar-refractivity contribution >= 4 is 34.3 Å². The van der Waals surface area contributed by atoms with Gasteiger partial charge in [0, 0.05) is 0 Å². The molecular weight excluding hydrogens is 242 g/mol. The van der Waals surface area contributed by atoms with Crippen molar-refractivity contribution in [3.8, 4) is 0 Å². The molecule has 0 aliphatic heterocycles. The van der Waals surface area contributed by atoms with Crippen molar-refractivity contribution in [2.45, 2.75) is 5.63 Å². The van der Waals surface area contributed by atoms with Gasteiger partial charge in [-0.05, 0) is 18.2 Å². The van der Waals surface area contributed by atoms with Crippen LogP contribution in [-0.2, 0) is 4.79 Å². The molecule has 0 fully saturated rings. The van der Waals surface area contributed by atoms with Gasteiger partial charge < -0.3 is 9.84 Å². The topological polar surface area (TPSA) is 55.1 Å². The predicted octanol–water partition coefficient (Wildman–Crippen LogP) is 2.44. The van der Waals surface area contributed by atoms with Gasteiger partial charge in [-0.25, -0.2) is 8.78 Å². The molecule has 16 heavy (non-hydrogen) atoms. The molecule has 0 saturated carbocycles.